The van der Waals surface area contributed by atoms with Crippen molar-refractivity contribution in [2.24, 2.45) is 0 Å². The number of nitrogens with zero attached hydrogens (tertiary/aromatic N) is 1. The lowest BCUT2D eigenvalue weighted by atomic mass is 9.95. The molecule has 214 valence electrons. The summed E-state index contributed by atoms with van der Waals surface area (Å²) in [6.45, 7) is 6.75. The van der Waals surface area contributed by atoms with E-state index in [-0.39, 0.29) is 16.8 Å². The van der Waals surface area contributed by atoms with Gasteiger partial charge in [-0.15, -0.1) is 0 Å². The van der Waals surface area contributed by atoms with Crippen molar-refractivity contribution in [1.82, 2.24) is 4.90 Å². The minimum Gasteiger partial charge on any atom is -0.492 e. The monoisotopic (exact) mass is 594 g/mol. The number of ether oxygens (including phenoxy) is 2. The van der Waals surface area contributed by atoms with Gasteiger partial charge in [-0.1, -0.05) is 17.7 Å². The molecule has 0 radical (unpaired) electrons. The summed E-state index contributed by atoms with van der Waals surface area (Å²) in [5.41, 5.74) is 4.92. The maximum Gasteiger partial charge on any atom is 0.261 e. The van der Waals surface area contributed by atoms with Crippen LogP contribution in [0.4, 0.5) is 17.1 Å². The molecule has 1 unspecified atom stereocenters. The molecule has 3 aromatic carbocycles. The average molecular weight is 595 g/mol. The number of sulfonamides is 1. The first-order chi connectivity index (χ1) is 19.8. The summed E-state index contributed by atoms with van der Waals surface area (Å²) < 4.78 is 40.3. The number of anilines is 3. The molecular weight excluding hydrogens is 564 g/mol. The number of halogens is 1. The number of fused-ring (bicyclic) bond motifs is 2. The SMILES string of the molecule is C/C(=C1/C(=O)Nc2ccc(S(=O)(=O)Nc3cccc(Cl)c3)cc21)C1Cc2cc(OCCN3CCOCC3)ccc2N1. The maximum atomic E-state index is 13.2. The maximum absolute atomic E-state index is 13.2. The minimum atomic E-state index is -3.91. The first-order valence-corrected chi connectivity index (χ1v) is 15.4. The van der Waals surface area contributed by atoms with Crippen LogP contribution in [0.5, 0.6) is 5.75 Å². The lowest BCUT2D eigenvalue weighted by molar-refractivity contribution is -0.110. The summed E-state index contributed by atoms with van der Waals surface area (Å²) in [5.74, 6) is 0.565. The van der Waals surface area contributed by atoms with Gasteiger partial charge in [0.2, 0.25) is 0 Å². The molecule has 3 heterocycles. The number of nitrogens with one attached hydrogen (secondary N) is 3. The second-order valence-electron chi connectivity index (χ2n) is 10.4. The molecule has 1 saturated heterocycles. The first kappa shape index (κ1) is 27.6. The number of amides is 1. The van der Waals surface area contributed by atoms with Crippen LogP contribution >= 0.6 is 11.6 Å². The van der Waals surface area contributed by atoms with E-state index in [9.17, 15) is 13.2 Å². The van der Waals surface area contributed by atoms with E-state index in [2.05, 4.69) is 26.3 Å². The normalized spacial score (nSPS) is 19.7. The van der Waals surface area contributed by atoms with Gasteiger partial charge in [0, 0.05) is 41.6 Å². The van der Waals surface area contributed by atoms with Crippen LogP contribution in [0, 0.1) is 0 Å². The van der Waals surface area contributed by atoms with Crippen molar-refractivity contribution in [3.63, 3.8) is 0 Å². The van der Waals surface area contributed by atoms with E-state index in [1.54, 1.807) is 30.3 Å². The van der Waals surface area contributed by atoms with Gasteiger partial charge >= 0.3 is 0 Å². The van der Waals surface area contributed by atoms with Gasteiger partial charge in [0.05, 0.1) is 35.4 Å². The van der Waals surface area contributed by atoms with E-state index in [0.29, 0.717) is 40.6 Å². The van der Waals surface area contributed by atoms with Crippen LogP contribution in [-0.4, -0.2) is 64.7 Å². The summed E-state index contributed by atoms with van der Waals surface area (Å²) in [5, 5.41) is 6.82. The third kappa shape index (κ3) is 5.92. The zero-order chi connectivity index (χ0) is 28.6. The molecule has 0 aromatic heterocycles. The topological polar surface area (TPSA) is 109 Å². The number of rotatable bonds is 8. The zero-order valence-electron chi connectivity index (χ0n) is 22.6. The molecule has 41 heavy (non-hydrogen) atoms. The molecule has 0 saturated carbocycles. The second-order valence-corrected chi connectivity index (χ2v) is 12.5. The van der Waals surface area contributed by atoms with Gasteiger partial charge in [0.15, 0.2) is 0 Å². The van der Waals surface area contributed by atoms with Crippen molar-refractivity contribution in [2.45, 2.75) is 24.3 Å². The first-order valence-electron chi connectivity index (χ1n) is 13.5. The average Bonchev–Trinajstić information content (AvgIpc) is 3.52. The highest BCUT2D eigenvalue weighted by Gasteiger charge is 2.32. The Labute approximate surface area is 244 Å². The van der Waals surface area contributed by atoms with Gasteiger partial charge in [0.1, 0.15) is 12.4 Å². The number of benzene rings is 3. The van der Waals surface area contributed by atoms with E-state index in [1.165, 1.54) is 12.1 Å². The molecule has 3 aliphatic rings. The van der Waals surface area contributed by atoms with Gasteiger partial charge in [-0.3, -0.25) is 14.4 Å². The molecule has 1 amide bonds. The number of hydrogen-bond acceptors (Lipinski definition) is 7. The van der Waals surface area contributed by atoms with Crippen LogP contribution in [0.3, 0.4) is 0 Å². The minimum absolute atomic E-state index is 0.0552. The van der Waals surface area contributed by atoms with Gasteiger partial charge in [0.25, 0.3) is 15.9 Å². The van der Waals surface area contributed by atoms with Gasteiger partial charge in [-0.25, -0.2) is 8.42 Å². The van der Waals surface area contributed by atoms with Crippen molar-refractivity contribution in [3.8, 4) is 5.75 Å². The van der Waals surface area contributed by atoms with E-state index in [4.69, 9.17) is 21.1 Å². The molecule has 6 rings (SSSR count). The Kier molecular flexibility index (Phi) is 7.65. The third-order valence-corrected chi connectivity index (χ3v) is 9.26. The van der Waals surface area contributed by atoms with Crippen LogP contribution in [-0.2, 0) is 26.0 Å². The molecule has 9 nitrogen and oxygen atoms in total. The number of hydrogen-bond donors (Lipinski definition) is 3. The van der Waals surface area contributed by atoms with Crippen molar-refractivity contribution in [1.29, 1.82) is 0 Å². The van der Waals surface area contributed by atoms with Crippen LogP contribution in [0.2, 0.25) is 5.02 Å². The predicted molar refractivity (Wildman–Crippen MR) is 160 cm³/mol. The summed E-state index contributed by atoms with van der Waals surface area (Å²) in [6, 6.07) is 17.0. The molecular formula is C30H31ClN4O5S. The fourth-order valence-electron chi connectivity index (χ4n) is 5.45. The largest absolute Gasteiger partial charge is 0.492 e. The zero-order valence-corrected chi connectivity index (χ0v) is 24.1. The molecule has 0 spiro atoms. The van der Waals surface area contributed by atoms with Crippen molar-refractivity contribution < 1.29 is 22.7 Å². The summed E-state index contributed by atoms with van der Waals surface area (Å²) in [6.07, 6.45) is 0.683. The lowest BCUT2D eigenvalue weighted by Crippen LogP contribution is -2.38. The fourth-order valence-corrected chi connectivity index (χ4v) is 6.72. The highest BCUT2D eigenvalue weighted by atomic mass is 35.5. The summed E-state index contributed by atoms with van der Waals surface area (Å²) in [4.78, 5) is 15.5. The Bertz CT molecular complexity index is 1640. The molecule has 0 bridgehead atoms. The van der Waals surface area contributed by atoms with Crippen molar-refractivity contribution in [3.05, 3.63) is 82.4 Å². The highest BCUT2D eigenvalue weighted by Crippen LogP contribution is 2.39. The highest BCUT2D eigenvalue weighted by molar-refractivity contribution is 7.92. The fraction of sp³-hybridized carbons (Fsp3) is 0.300. The molecule has 3 N–H and O–H groups in total. The Balaban J connectivity index is 1.19. The van der Waals surface area contributed by atoms with Gasteiger partial charge in [-0.05, 0) is 79.1 Å². The van der Waals surface area contributed by atoms with Crippen molar-refractivity contribution >= 4 is 50.2 Å². The molecule has 0 aliphatic carbocycles. The Hall–Kier alpha value is -3.57. The van der Waals surface area contributed by atoms with Gasteiger partial charge in [-0.2, -0.15) is 0 Å². The van der Waals surface area contributed by atoms with E-state index in [1.807, 2.05) is 19.1 Å². The predicted octanol–water partition coefficient (Wildman–Crippen LogP) is 4.61. The van der Waals surface area contributed by atoms with E-state index in [0.717, 1.165) is 55.4 Å². The number of carbonyl (C=O) groups excluding carboxylic acids is 1. The molecule has 11 heteroatoms. The third-order valence-electron chi connectivity index (χ3n) is 7.65. The van der Waals surface area contributed by atoms with Crippen LogP contribution in [0.1, 0.15) is 18.1 Å². The molecule has 1 atom stereocenters. The smallest absolute Gasteiger partial charge is 0.261 e. The van der Waals surface area contributed by atoms with Gasteiger partial charge < -0.3 is 20.1 Å². The molecule has 1 fully saturated rings. The number of morpholine rings is 1. The van der Waals surface area contributed by atoms with E-state index >= 15 is 0 Å². The molecule has 3 aromatic rings. The second kappa shape index (κ2) is 11.4. The number of carbonyl (C=O) groups is 1. The van der Waals surface area contributed by atoms with Crippen LogP contribution < -0.4 is 20.1 Å². The Morgan fingerprint density at radius 2 is 1.90 bits per heavy atom. The summed E-state index contributed by atoms with van der Waals surface area (Å²) >= 11 is 6.02. The Morgan fingerprint density at radius 1 is 1.10 bits per heavy atom. The lowest BCUT2D eigenvalue weighted by Gasteiger charge is -2.26. The summed E-state index contributed by atoms with van der Waals surface area (Å²) in [7, 11) is -3.91. The quantitative estimate of drug-likeness (QED) is 0.327. The van der Waals surface area contributed by atoms with Crippen LogP contribution in [0.15, 0.2) is 71.1 Å². The van der Waals surface area contributed by atoms with E-state index < -0.39 is 10.0 Å². The molecule has 3 aliphatic heterocycles. The van der Waals surface area contributed by atoms with Crippen molar-refractivity contribution in [2.75, 3.05) is 54.8 Å². The van der Waals surface area contributed by atoms with Crippen LogP contribution in [0.25, 0.3) is 5.57 Å². The Morgan fingerprint density at radius 3 is 2.71 bits per heavy atom. The standard InChI is InChI=1S/C30H31ClN4O5S/c1-19(28-16-20-15-23(5-7-26(20)32-28)40-14-11-35-9-12-39-13-10-35)29-25-18-24(6-8-27(25)33-30(29)36)41(37,38)34-22-4-2-3-21(31)17-22/h2-8,15,17-18,28,32,34H,9-14,16H2,1H3,(H,33,36)/b29-19-.